The predicted molar refractivity (Wildman–Crippen MR) is 128 cm³/mol. The van der Waals surface area contributed by atoms with Crippen LogP contribution in [0.3, 0.4) is 0 Å². The van der Waals surface area contributed by atoms with Crippen molar-refractivity contribution in [3.8, 4) is 11.6 Å². The molecule has 2 aliphatic rings. The van der Waals surface area contributed by atoms with Gasteiger partial charge in [-0.15, -0.1) is 0 Å². The Bertz CT molecular complexity index is 1200. The average molecular weight is 463 g/mol. The van der Waals surface area contributed by atoms with Gasteiger partial charge in [0.15, 0.2) is 0 Å². The third kappa shape index (κ3) is 4.07. The Kier molecular flexibility index (Phi) is 6.24. The third-order valence-corrected chi connectivity index (χ3v) is 5.68. The second kappa shape index (κ2) is 9.13. The molecule has 0 spiro atoms. The molecule has 3 heterocycles. The first-order valence-electron chi connectivity index (χ1n) is 11.2. The first-order chi connectivity index (χ1) is 16.3. The number of carbonyl (C=O) groups excluding carboxylic acids is 1. The number of fused-ring (bicyclic) bond motifs is 1. The molecule has 3 N–H and O–H groups in total. The van der Waals surface area contributed by atoms with Crippen LogP contribution in [-0.2, 0) is 15.2 Å². The van der Waals surface area contributed by atoms with Crippen LogP contribution in [0.4, 0.5) is 0 Å². The van der Waals surface area contributed by atoms with E-state index in [1.54, 1.807) is 19.5 Å². The molecule has 2 aliphatic heterocycles. The number of nitrogens with one attached hydrogen (secondary N) is 1. The zero-order chi connectivity index (χ0) is 24.5. The van der Waals surface area contributed by atoms with E-state index in [0.717, 1.165) is 28.0 Å². The number of aryl methyl sites for hydroxylation is 1. The lowest BCUT2D eigenvalue weighted by Crippen LogP contribution is -2.42. The predicted octanol–water partition coefficient (Wildman–Crippen LogP) is 3.64. The molecular formula is C26H30N4O4. The number of hydrogen-bond acceptors (Lipinski definition) is 8. The number of methoxy groups -OCH3 is 1. The van der Waals surface area contributed by atoms with Crippen molar-refractivity contribution in [1.82, 2.24) is 15.4 Å². The van der Waals surface area contributed by atoms with Gasteiger partial charge in [0.1, 0.15) is 22.8 Å². The van der Waals surface area contributed by atoms with Gasteiger partial charge in [-0.1, -0.05) is 32.1 Å². The number of hydroxylamine groups is 2. The van der Waals surface area contributed by atoms with Crippen molar-refractivity contribution in [1.29, 1.82) is 0 Å². The molecule has 1 unspecified atom stereocenters. The summed E-state index contributed by atoms with van der Waals surface area (Å²) in [7, 11) is 1.59. The van der Waals surface area contributed by atoms with Gasteiger partial charge in [0.25, 0.3) is 0 Å². The van der Waals surface area contributed by atoms with Gasteiger partial charge in [-0.2, -0.15) is 5.06 Å². The largest absolute Gasteiger partial charge is 0.493 e. The normalized spacial score (nSPS) is 19.0. The molecule has 1 atom stereocenters. The monoisotopic (exact) mass is 462 g/mol. The Labute approximate surface area is 199 Å². The highest BCUT2D eigenvalue weighted by Gasteiger charge is 2.49. The van der Waals surface area contributed by atoms with Crippen LogP contribution in [0.15, 0.2) is 72.0 Å². The van der Waals surface area contributed by atoms with Gasteiger partial charge in [0, 0.05) is 36.0 Å². The molecule has 4 rings (SSSR count). The van der Waals surface area contributed by atoms with Crippen molar-refractivity contribution in [3.05, 3.63) is 88.7 Å². The molecule has 178 valence electrons. The van der Waals surface area contributed by atoms with E-state index in [0.29, 0.717) is 29.9 Å². The fourth-order valence-corrected chi connectivity index (χ4v) is 4.28. The Morgan fingerprint density at radius 1 is 1.26 bits per heavy atom. The Balaban J connectivity index is 1.89. The summed E-state index contributed by atoms with van der Waals surface area (Å²) in [4.78, 5) is 21.7. The molecule has 0 aliphatic carbocycles. The fraction of sp³-hybridized carbons (Fsp3) is 0.308. The van der Waals surface area contributed by atoms with Crippen LogP contribution < -0.4 is 20.5 Å². The van der Waals surface area contributed by atoms with E-state index in [4.69, 9.17) is 20.0 Å². The first kappa shape index (κ1) is 23.2. The fourth-order valence-electron chi connectivity index (χ4n) is 4.28. The van der Waals surface area contributed by atoms with Gasteiger partial charge in [0.2, 0.25) is 5.88 Å². The number of carbonyl (C=O) groups is 1. The zero-order valence-electron chi connectivity index (χ0n) is 20.1. The summed E-state index contributed by atoms with van der Waals surface area (Å²) < 4.78 is 11.4. The zero-order valence-corrected chi connectivity index (χ0v) is 20.1. The number of nitrogens with two attached hydrogens (primary N) is 1. The van der Waals surface area contributed by atoms with Crippen LogP contribution in [0.25, 0.3) is 0 Å². The van der Waals surface area contributed by atoms with Gasteiger partial charge in [-0.05, 0) is 42.7 Å². The molecule has 0 radical (unpaired) electrons. The molecule has 0 fully saturated rings. The van der Waals surface area contributed by atoms with Crippen LogP contribution in [0.1, 0.15) is 37.5 Å². The van der Waals surface area contributed by atoms with Crippen molar-refractivity contribution >= 4 is 5.97 Å². The van der Waals surface area contributed by atoms with E-state index in [1.807, 2.05) is 49.4 Å². The maximum Gasteiger partial charge on any atom is 0.329 e. The van der Waals surface area contributed by atoms with Crippen LogP contribution in [0.2, 0.25) is 0 Å². The minimum atomic E-state index is -0.899. The third-order valence-electron chi connectivity index (χ3n) is 5.68. The van der Waals surface area contributed by atoms with Crippen molar-refractivity contribution in [2.75, 3.05) is 13.7 Å². The van der Waals surface area contributed by atoms with Crippen molar-refractivity contribution < 1.29 is 19.1 Å². The van der Waals surface area contributed by atoms with Gasteiger partial charge in [-0.25, -0.2) is 9.78 Å². The molecule has 1 aromatic carbocycles. The molecule has 8 heteroatoms. The Morgan fingerprint density at radius 3 is 2.74 bits per heavy atom. The summed E-state index contributed by atoms with van der Waals surface area (Å²) in [6, 6.07) is 9.92. The minimum Gasteiger partial charge on any atom is -0.493 e. The number of rotatable bonds is 7. The van der Waals surface area contributed by atoms with E-state index in [1.165, 1.54) is 12.0 Å². The van der Waals surface area contributed by atoms with Gasteiger partial charge < -0.3 is 25.4 Å². The second-order valence-electron chi connectivity index (χ2n) is 8.75. The maximum absolute atomic E-state index is 11.8. The molecule has 0 saturated carbocycles. The topological polar surface area (TPSA) is 98.9 Å². The number of nitrogens with zero attached hydrogens (tertiary/aromatic N) is 2. The Morgan fingerprint density at radius 2 is 2.06 bits per heavy atom. The molecular weight excluding hydrogens is 432 g/mol. The van der Waals surface area contributed by atoms with Crippen LogP contribution in [0.5, 0.6) is 11.6 Å². The van der Waals surface area contributed by atoms with E-state index in [9.17, 15) is 4.79 Å². The SMILES string of the molecule is COc1ncc(C2(c3cccc(OCC(C)C)c3)NC(N)=C3C2=CC=CN3OC(C)=O)cc1C. The summed E-state index contributed by atoms with van der Waals surface area (Å²) in [5.41, 5.74) is 9.65. The number of allylic oxidation sites excluding steroid dienone is 2. The molecule has 0 saturated heterocycles. The van der Waals surface area contributed by atoms with Gasteiger partial charge in [-0.3, -0.25) is 0 Å². The lowest BCUT2D eigenvalue weighted by molar-refractivity contribution is -0.168. The molecule has 2 aromatic rings. The molecule has 0 amide bonds. The van der Waals surface area contributed by atoms with Crippen molar-refractivity contribution in [2.45, 2.75) is 33.2 Å². The summed E-state index contributed by atoms with van der Waals surface area (Å²) in [6.07, 6.45) is 7.21. The number of hydrogen-bond donors (Lipinski definition) is 2. The lowest BCUT2D eigenvalue weighted by Gasteiger charge is -2.35. The standard InChI is InChI=1S/C26H30N4O4/c1-16(2)15-33-21-9-6-8-19(13-21)26(20-12-17(3)25(32-5)28-14-20)22-10-7-11-30(34-18(4)31)23(22)24(27)29-26/h6-14,16,29H,15,27H2,1-5H3. The smallest absolute Gasteiger partial charge is 0.329 e. The Hall–Kier alpha value is -3.94. The van der Waals surface area contributed by atoms with E-state index < -0.39 is 11.5 Å². The van der Waals surface area contributed by atoms with Crippen molar-refractivity contribution in [2.24, 2.45) is 11.7 Å². The van der Waals surface area contributed by atoms with E-state index >= 15 is 0 Å². The molecule has 0 bridgehead atoms. The molecule has 1 aromatic heterocycles. The number of aromatic nitrogens is 1. The number of ether oxygens (including phenoxy) is 2. The highest BCUT2D eigenvalue weighted by atomic mass is 16.7. The van der Waals surface area contributed by atoms with Crippen LogP contribution in [0, 0.1) is 12.8 Å². The highest BCUT2D eigenvalue weighted by Crippen LogP contribution is 2.48. The summed E-state index contributed by atoms with van der Waals surface area (Å²) in [5.74, 6) is 1.61. The molecule has 8 nitrogen and oxygen atoms in total. The quantitative estimate of drug-likeness (QED) is 0.644. The average Bonchev–Trinajstić information content (AvgIpc) is 3.12. The molecule has 34 heavy (non-hydrogen) atoms. The summed E-state index contributed by atoms with van der Waals surface area (Å²) in [6.45, 7) is 8.11. The van der Waals surface area contributed by atoms with Gasteiger partial charge in [0.05, 0.1) is 13.7 Å². The number of benzene rings is 1. The van der Waals surface area contributed by atoms with E-state index in [2.05, 4.69) is 24.1 Å². The van der Waals surface area contributed by atoms with Crippen LogP contribution in [-0.4, -0.2) is 29.7 Å². The summed E-state index contributed by atoms with van der Waals surface area (Å²) in [5, 5.41) is 4.88. The minimum absolute atomic E-state index is 0.374. The van der Waals surface area contributed by atoms with Crippen molar-refractivity contribution in [3.63, 3.8) is 0 Å². The first-order valence-corrected chi connectivity index (χ1v) is 11.2. The van der Waals surface area contributed by atoms with Crippen LogP contribution >= 0.6 is 0 Å². The number of pyridine rings is 1. The second-order valence-corrected chi connectivity index (χ2v) is 8.75. The lowest BCUT2D eigenvalue weighted by atomic mass is 9.77. The highest BCUT2D eigenvalue weighted by molar-refractivity contribution is 5.67. The summed E-state index contributed by atoms with van der Waals surface area (Å²) >= 11 is 0. The maximum atomic E-state index is 11.8. The van der Waals surface area contributed by atoms with Gasteiger partial charge >= 0.3 is 5.97 Å². The van der Waals surface area contributed by atoms with E-state index in [-0.39, 0.29) is 0 Å².